The van der Waals surface area contributed by atoms with Crippen LogP contribution in [0.25, 0.3) is 95.0 Å². The standard InChI is InChI=1S/C57H40F6N4/c1-33-21-34(2)24-42(23-33)39-15-19-48-49-20-16-40(43-25-35(3)22-36(4)26-43)30-52(49)67(51(48)29-39)50-31-41(17-18-47(50)44-27-45(56(58,59)60)32-46(28-44)57(61,62)63)55-65-53(37-11-7-5-8-12-37)64-54(66-55)38-13-9-6-10-14-38/h5-32H,1-4H3. The van der Waals surface area contributed by atoms with E-state index in [2.05, 4.69) is 36.4 Å². The largest absolute Gasteiger partial charge is 0.416 e. The maximum atomic E-state index is 14.6. The van der Waals surface area contributed by atoms with Gasteiger partial charge in [0.05, 0.1) is 27.8 Å². The van der Waals surface area contributed by atoms with Gasteiger partial charge < -0.3 is 4.57 Å². The molecule has 0 aliphatic rings. The van der Waals surface area contributed by atoms with E-state index in [1.165, 1.54) is 0 Å². The lowest BCUT2D eigenvalue weighted by atomic mass is 9.96. The molecule has 0 bridgehead atoms. The molecule has 67 heavy (non-hydrogen) atoms. The molecule has 2 aromatic heterocycles. The van der Waals surface area contributed by atoms with Crippen molar-refractivity contribution in [2.45, 2.75) is 40.0 Å². The molecule has 10 aromatic rings. The number of halogens is 6. The van der Waals surface area contributed by atoms with E-state index in [-0.39, 0.29) is 23.0 Å². The first-order chi connectivity index (χ1) is 32.1. The molecule has 330 valence electrons. The highest BCUT2D eigenvalue weighted by Crippen LogP contribution is 2.44. The van der Waals surface area contributed by atoms with E-state index < -0.39 is 23.5 Å². The van der Waals surface area contributed by atoms with Crippen LogP contribution in [0.15, 0.2) is 170 Å². The quantitative estimate of drug-likeness (QED) is 0.150. The third-order valence-corrected chi connectivity index (χ3v) is 12.0. The van der Waals surface area contributed by atoms with E-state index in [9.17, 15) is 26.3 Å². The Morgan fingerprint density at radius 3 is 1.16 bits per heavy atom. The van der Waals surface area contributed by atoms with Crippen LogP contribution in [0.3, 0.4) is 0 Å². The molecule has 0 unspecified atom stereocenters. The first-order valence-corrected chi connectivity index (χ1v) is 21.6. The third kappa shape index (κ3) is 8.47. The zero-order valence-electron chi connectivity index (χ0n) is 36.7. The molecule has 8 aromatic carbocycles. The van der Waals surface area contributed by atoms with Crippen molar-refractivity contribution >= 4 is 21.8 Å². The molecule has 2 heterocycles. The van der Waals surface area contributed by atoms with Crippen LogP contribution in [0.4, 0.5) is 26.3 Å². The number of aromatic nitrogens is 4. The molecule has 0 atom stereocenters. The van der Waals surface area contributed by atoms with E-state index in [0.717, 1.165) is 78.5 Å². The minimum atomic E-state index is -5.07. The Hall–Kier alpha value is -7.85. The zero-order chi connectivity index (χ0) is 46.8. The van der Waals surface area contributed by atoms with Crippen LogP contribution in [0.1, 0.15) is 33.4 Å². The molecule has 0 fully saturated rings. The number of benzene rings is 8. The van der Waals surface area contributed by atoms with E-state index in [4.69, 9.17) is 15.0 Å². The summed E-state index contributed by atoms with van der Waals surface area (Å²) < 4.78 is 89.6. The second-order valence-corrected chi connectivity index (χ2v) is 17.1. The van der Waals surface area contributed by atoms with Crippen molar-refractivity contribution in [1.82, 2.24) is 19.5 Å². The molecule has 0 N–H and O–H groups in total. The molecule has 0 aliphatic heterocycles. The number of hydrogen-bond acceptors (Lipinski definition) is 3. The fourth-order valence-corrected chi connectivity index (χ4v) is 9.07. The number of aryl methyl sites for hydroxylation is 4. The van der Waals surface area contributed by atoms with E-state index in [1.807, 2.05) is 129 Å². The third-order valence-electron chi connectivity index (χ3n) is 12.0. The van der Waals surface area contributed by atoms with Gasteiger partial charge in [0.15, 0.2) is 17.5 Å². The Bertz CT molecular complexity index is 3300. The highest BCUT2D eigenvalue weighted by Gasteiger charge is 2.37. The topological polar surface area (TPSA) is 43.6 Å². The number of nitrogens with zero attached hydrogens (tertiary/aromatic N) is 4. The van der Waals surface area contributed by atoms with Gasteiger partial charge >= 0.3 is 12.4 Å². The molecule has 0 radical (unpaired) electrons. The van der Waals surface area contributed by atoms with Crippen molar-refractivity contribution in [3.05, 3.63) is 203 Å². The van der Waals surface area contributed by atoms with Crippen molar-refractivity contribution < 1.29 is 26.3 Å². The molecule has 0 amide bonds. The van der Waals surface area contributed by atoms with Crippen LogP contribution < -0.4 is 0 Å². The summed E-state index contributed by atoms with van der Waals surface area (Å²) >= 11 is 0. The summed E-state index contributed by atoms with van der Waals surface area (Å²) in [4.78, 5) is 14.8. The van der Waals surface area contributed by atoms with Gasteiger partial charge in [-0.3, -0.25) is 0 Å². The van der Waals surface area contributed by atoms with Gasteiger partial charge in [0.2, 0.25) is 0 Å². The van der Waals surface area contributed by atoms with Crippen molar-refractivity contribution in [2.24, 2.45) is 0 Å². The predicted octanol–water partition coefficient (Wildman–Crippen LogP) is 16.2. The Morgan fingerprint density at radius 1 is 0.343 bits per heavy atom. The summed E-state index contributed by atoms with van der Waals surface area (Å²) in [6, 6.07) is 50.2. The van der Waals surface area contributed by atoms with Crippen LogP contribution in [0.2, 0.25) is 0 Å². The van der Waals surface area contributed by atoms with Crippen molar-refractivity contribution in [3.8, 4) is 73.2 Å². The molecule has 0 spiro atoms. The summed E-state index contributed by atoms with van der Waals surface area (Å²) in [5.41, 5.74) is 8.60. The number of rotatable bonds is 7. The van der Waals surface area contributed by atoms with Crippen LogP contribution in [-0.4, -0.2) is 19.5 Å². The van der Waals surface area contributed by atoms with Crippen LogP contribution in [0.5, 0.6) is 0 Å². The SMILES string of the molecule is Cc1cc(C)cc(-c2ccc3c4ccc(-c5cc(C)cc(C)c5)cc4n(-c4cc(-c5nc(-c6ccccc6)nc(-c6ccccc6)n5)ccc4-c4cc(C(F)(F)F)cc(C(F)(F)F)c4)c3c2)c1. The fraction of sp³-hybridized carbons (Fsp3) is 0.105. The van der Waals surface area contributed by atoms with Crippen LogP contribution >= 0.6 is 0 Å². The van der Waals surface area contributed by atoms with E-state index >= 15 is 0 Å². The Labute approximate surface area is 382 Å². The van der Waals surface area contributed by atoms with Crippen molar-refractivity contribution in [1.29, 1.82) is 0 Å². The molecular formula is C57H40F6N4. The van der Waals surface area contributed by atoms with Gasteiger partial charge in [-0.25, -0.2) is 15.0 Å². The lowest BCUT2D eigenvalue weighted by Gasteiger charge is -2.19. The van der Waals surface area contributed by atoms with Gasteiger partial charge in [-0.15, -0.1) is 0 Å². The summed E-state index contributed by atoms with van der Waals surface area (Å²) in [6.07, 6.45) is -10.1. The molecular weight excluding hydrogens is 855 g/mol. The Kier molecular flexibility index (Phi) is 10.6. The van der Waals surface area contributed by atoms with Gasteiger partial charge in [-0.1, -0.05) is 156 Å². The van der Waals surface area contributed by atoms with Gasteiger partial charge in [0.25, 0.3) is 0 Å². The predicted molar refractivity (Wildman–Crippen MR) is 256 cm³/mol. The lowest BCUT2D eigenvalue weighted by molar-refractivity contribution is -0.143. The van der Waals surface area contributed by atoms with Crippen LogP contribution in [0, 0.1) is 27.7 Å². The number of hydrogen-bond donors (Lipinski definition) is 0. The van der Waals surface area contributed by atoms with Crippen molar-refractivity contribution in [2.75, 3.05) is 0 Å². The molecule has 0 saturated heterocycles. The second-order valence-electron chi connectivity index (χ2n) is 17.1. The molecule has 10 rings (SSSR count). The molecule has 10 heteroatoms. The van der Waals surface area contributed by atoms with Gasteiger partial charge in [0, 0.05) is 33.0 Å². The first kappa shape index (κ1) is 43.1. The maximum Gasteiger partial charge on any atom is 0.416 e. The van der Waals surface area contributed by atoms with Crippen molar-refractivity contribution in [3.63, 3.8) is 0 Å². The maximum absolute atomic E-state index is 14.6. The average Bonchev–Trinajstić information content (AvgIpc) is 3.63. The first-order valence-electron chi connectivity index (χ1n) is 21.6. The fourth-order valence-electron chi connectivity index (χ4n) is 9.07. The normalized spacial score (nSPS) is 12.0. The summed E-state index contributed by atoms with van der Waals surface area (Å²) in [5, 5.41) is 1.67. The minimum absolute atomic E-state index is 0.133. The van der Waals surface area contributed by atoms with Gasteiger partial charge in [-0.05, 0) is 91.9 Å². The Balaban J connectivity index is 1.33. The number of alkyl halides is 6. The Morgan fingerprint density at radius 2 is 0.746 bits per heavy atom. The minimum Gasteiger partial charge on any atom is -0.309 e. The van der Waals surface area contributed by atoms with E-state index in [1.54, 1.807) is 18.2 Å². The summed E-state index contributed by atoms with van der Waals surface area (Å²) in [5.74, 6) is 1.03. The molecule has 4 nitrogen and oxygen atoms in total. The highest BCUT2D eigenvalue weighted by atomic mass is 19.4. The van der Waals surface area contributed by atoms with Gasteiger partial charge in [-0.2, -0.15) is 26.3 Å². The smallest absolute Gasteiger partial charge is 0.309 e. The monoisotopic (exact) mass is 894 g/mol. The lowest BCUT2D eigenvalue weighted by Crippen LogP contribution is -2.11. The molecule has 0 aliphatic carbocycles. The highest BCUT2D eigenvalue weighted by molar-refractivity contribution is 6.12. The summed E-state index contributed by atoms with van der Waals surface area (Å²) in [6.45, 7) is 8.10. The van der Waals surface area contributed by atoms with Crippen LogP contribution in [-0.2, 0) is 12.4 Å². The van der Waals surface area contributed by atoms with E-state index in [0.29, 0.717) is 33.9 Å². The average molecular weight is 895 g/mol. The van der Waals surface area contributed by atoms with Gasteiger partial charge in [0.1, 0.15) is 0 Å². The summed E-state index contributed by atoms with van der Waals surface area (Å²) in [7, 11) is 0. The zero-order valence-corrected chi connectivity index (χ0v) is 36.7. The second kappa shape index (κ2) is 16.5. The molecule has 0 saturated carbocycles. The number of fused-ring (bicyclic) bond motifs is 3.